The fourth-order valence-corrected chi connectivity index (χ4v) is 3.96. The third-order valence-electron chi connectivity index (χ3n) is 4.16. The molecule has 0 aliphatic rings. The summed E-state index contributed by atoms with van der Waals surface area (Å²) in [6.07, 6.45) is 3.07. The van der Waals surface area contributed by atoms with E-state index in [4.69, 9.17) is 23.2 Å². The minimum atomic E-state index is -0.273. The molecule has 0 unspecified atom stereocenters. The number of anilines is 1. The topological polar surface area (TPSA) is 42.0 Å². The molecule has 0 aliphatic heterocycles. The summed E-state index contributed by atoms with van der Waals surface area (Å²) in [5.74, 6) is -0.273. The number of hydrogen-bond donors (Lipinski definition) is 1. The maximum Gasteiger partial charge on any atom is 0.250 e. The molecular formula is C22H14Cl2N2OS. The molecular weight excluding hydrogens is 411 g/mol. The van der Waals surface area contributed by atoms with E-state index in [-0.39, 0.29) is 5.91 Å². The minimum absolute atomic E-state index is 0.273. The Morgan fingerprint density at radius 3 is 2.64 bits per heavy atom. The van der Waals surface area contributed by atoms with Crippen LogP contribution in [0.4, 0.5) is 5.13 Å². The highest BCUT2D eigenvalue weighted by Gasteiger charge is 2.07. The number of amides is 1. The van der Waals surface area contributed by atoms with E-state index >= 15 is 0 Å². The Balaban J connectivity index is 1.48. The number of nitrogens with zero attached hydrogens (tertiary/aromatic N) is 1. The average Bonchev–Trinajstić information content (AvgIpc) is 3.15. The van der Waals surface area contributed by atoms with E-state index < -0.39 is 0 Å². The molecule has 138 valence electrons. The van der Waals surface area contributed by atoms with Crippen LogP contribution in [0.15, 0.2) is 72.1 Å². The lowest BCUT2D eigenvalue weighted by molar-refractivity contribution is -0.111. The van der Waals surface area contributed by atoms with Gasteiger partial charge in [-0.3, -0.25) is 10.1 Å². The molecule has 6 heteroatoms. The SMILES string of the molecule is O=C(/C=C/c1ccc(Cl)cc1Cl)Nc1nc(-c2ccc3ccccc3c2)cs1. The zero-order valence-corrected chi connectivity index (χ0v) is 16.9. The highest BCUT2D eigenvalue weighted by Crippen LogP contribution is 2.28. The first-order chi connectivity index (χ1) is 13.6. The van der Waals surface area contributed by atoms with E-state index in [2.05, 4.69) is 34.6 Å². The van der Waals surface area contributed by atoms with E-state index in [0.29, 0.717) is 15.2 Å². The number of benzene rings is 3. The van der Waals surface area contributed by atoms with Gasteiger partial charge < -0.3 is 0 Å². The molecule has 0 saturated heterocycles. The maximum absolute atomic E-state index is 12.2. The Morgan fingerprint density at radius 2 is 1.82 bits per heavy atom. The molecule has 0 fully saturated rings. The molecule has 1 aromatic heterocycles. The van der Waals surface area contributed by atoms with E-state index in [1.54, 1.807) is 24.3 Å². The van der Waals surface area contributed by atoms with Gasteiger partial charge in [0.2, 0.25) is 5.91 Å². The largest absolute Gasteiger partial charge is 0.298 e. The zero-order valence-electron chi connectivity index (χ0n) is 14.5. The Hall–Kier alpha value is -2.66. The molecule has 28 heavy (non-hydrogen) atoms. The van der Waals surface area contributed by atoms with Gasteiger partial charge in [0.15, 0.2) is 5.13 Å². The molecule has 1 heterocycles. The van der Waals surface area contributed by atoms with Crippen LogP contribution < -0.4 is 5.32 Å². The second-order valence-electron chi connectivity index (χ2n) is 6.09. The van der Waals surface area contributed by atoms with Gasteiger partial charge in [0.25, 0.3) is 0 Å². The standard InChI is InChI=1S/C22H14Cl2N2OS/c23-18-9-7-15(19(24)12-18)8-10-21(27)26-22-25-20(13-28-22)17-6-5-14-3-1-2-4-16(14)11-17/h1-13H,(H,25,26,27)/b10-8+. The van der Waals surface area contributed by atoms with Crippen molar-refractivity contribution >= 4 is 62.4 Å². The first kappa shape index (κ1) is 18.7. The number of rotatable bonds is 4. The normalized spacial score (nSPS) is 11.2. The molecule has 3 nitrogen and oxygen atoms in total. The van der Waals surface area contributed by atoms with Crippen LogP contribution in [0.25, 0.3) is 28.1 Å². The Kier molecular flexibility index (Phi) is 5.44. The van der Waals surface area contributed by atoms with Crippen LogP contribution in [-0.2, 0) is 4.79 Å². The van der Waals surface area contributed by atoms with Crippen molar-refractivity contribution in [2.24, 2.45) is 0 Å². The van der Waals surface area contributed by atoms with Crippen LogP contribution in [0, 0.1) is 0 Å². The molecule has 0 spiro atoms. The summed E-state index contributed by atoms with van der Waals surface area (Å²) < 4.78 is 0. The van der Waals surface area contributed by atoms with Crippen molar-refractivity contribution in [3.05, 3.63) is 87.7 Å². The minimum Gasteiger partial charge on any atom is -0.298 e. The maximum atomic E-state index is 12.2. The van der Waals surface area contributed by atoms with Crippen LogP contribution in [-0.4, -0.2) is 10.9 Å². The van der Waals surface area contributed by atoms with E-state index in [1.165, 1.54) is 22.8 Å². The molecule has 3 aromatic carbocycles. The van der Waals surface area contributed by atoms with Crippen molar-refractivity contribution < 1.29 is 4.79 Å². The predicted octanol–water partition coefficient (Wildman–Crippen LogP) is 6.92. The number of halogens is 2. The van der Waals surface area contributed by atoms with Crippen LogP contribution in [0.3, 0.4) is 0 Å². The second kappa shape index (κ2) is 8.15. The number of aromatic nitrogens is 1. The highest BCUT2D eigenvalue weighted by atomic mass is 35.5. The van der Waals surface area contributed by atoms with Crippen molar-refractivity contribution in [2.75, 3.05) is 5.32 Å². The fourth-order valence-electron chi connectivity index (χ4n) is 2.76. The molecule has 0 saturated carbocycles. The number of nitrogens with one attached hydrogen (secondary N) is 1. The van der Waals surface area contributed by atoms with Gasteiger partial charge in [0.1, 0.15) is 0 Å². The van der Waals surface area contributed by atoms with E-state index in [9.17, 15) is 4.79 Å². The Bertz CT molecular complexity index is 1200. The smallest absolute Gasteiger partial charge is 0.250 e. The third kappa shape index (κ3) is 4.25. The monoisotopic (exact) mass is 424 g/mol. The summed E-state index contributed by atoms with van der Waals surface area (Å²) in [4.78, 5) is 16.7. The lowest BCUT2D eigenvalue weighted by atomic mass is 10.1. The van der Waals surface area contributed by atoms with Gasteiger partial charge in [-0.1, -0.05) is 65.7 Å². The van der Waals surface area contributed by atoms with Crippen LogP contribution in [0.1, 0.15) is 5.56 Å². The number of fused-ring (bicyclic) bond motifs is 1. The van der Waals surface area contributed by atoms with Gasteiger partial charge in [-0.15, -0.1) is 11.3 Å². The lowest BCUT2D eigenvalue weighted by Gasteiger charge is -2.01. The lowest BCUT2D eigenvalue weighted by Crippen LogP contribution is -2.07. The molecule has 4 rings (SSSR count). The summed E-state index contributed by atoms with van der Waals surface area (Å²) >= 11 is 13.4. The van der Waals surface area contributed by atoms with Crippen molar-refractivity contribution in [1.29, 1.82) is 0 Å². The van der Waals surface area contributed by atoms with Crippen molar-refractivity contribution in [3.63, 3.8) is 0 Å². The van der Waals surface area contributed by atoms with Gasteiger partial charge in [0, 0.05) is 27.1 Å². The highest BCUT2D eigenvalue weighted by molar-refractivity contribution is 7.14. The quantitative estimate of drug-likeness (QED) is 0.361. The van der Waals surface area contributed by atoms with E-state index in [1.807, 2.05) is 23.6 Å². The Morgan fingerprint density at radius 1 is 1.00 bits per heavy atom. The van der Waals surface area contributed by atoms with Gasteiger partial charge >= 0.3 is 0 Å². The molecule has 0 radical (unpaired) electrons. The third-order valence-corrected chi connectivity index (χ3v) is 5.48. The summed E-state index contributed by atoms with van der Waals surface area (Å²) in [6.45, 7) is 0. The van der Waals surface area contributed by atoms with Gasteiger partial charge in [-0.25, -0.2) is 4.98 Å². The van der Waals surface area contributed by atoms with Gasteiger partial charge in [-0.2, -0.15) is 0 Å². The van der Waals surface area contributed by atoms with Gasteiger partial charge in [0.05, 0.1) is 5.69 Å². The number of thiazole rings is 1. The Labute approximate surface area is 176 Å². The van der Waals surface area contributed by atoms with Crippen LogP contribution >= 0.6 is 34.5 Å². The van der Waals surface area contributed by atoms with Crippen molar-refractivity contribution in [1.82, 2.24) is 4.98 Å². The number of hydrogen-bond acceptors (Lipinski definition) is 3. The molecule has 0 atom stereocenters. The first-order valence-electron chi connectivity index (χ1n) is 8.47. The molecule has 0 bridgehead atoms. The summed E-state index contributed by atoms with van der Waals surface area (Å²) in [6, 6.07) is 19.5. The fraction of sp³-hybridized carbons (Fsp3) is 0. The summed E-state index contributed by atoms with van der Waals surface area (Å²) in [7, 11) is 0. The average molecular weight is 425 g/mol. The zero-order chi connectivity index (χ0) is 19.5. The summed E-state index contributed by atoms with van der Waals surface area (Å²) in [5, 5.41) is 8.63. The molecule has 4 aromatic rings. The van der Waals surface area contributed by atoms with Crippen molar-refractivity contribution in [2.45, 2.75) is 0 Å². The van der Waals surface area contributed by atoms with Crippen molar-refractivity contribution in [3.8, 4) is 11.3 Å². The first-order valence-corrected chi connectivity index (χ1v) is 10.1. The second-order valence-corrected chi connectivity index (χ2v) is 7.79. The predicted molar refractivity (Wildman–Crippen MR) is 119 cm³/mol. The molecule has 1 amide bonds. The summed E-state index contributed by atoms with van der Waals surface area (Å²) in [5.41, 5.74) is 2.56. The van der Waals surface area contributed by atoms with Crippen LogP contribution in [0.5, 0.6) is 0 Å². The number of carbonyl (C=O) groups excluding carboxylic acids is 1. The molecule has 0 aliphatic carbocycles. The molecule has 1 N–H and O–H groups in total. The number of carbonyl (C=O) groups is 1. The van der Waals surface area contributed by atoms with Crippen LogP contribution in [0.2, 0.25) is 10.0 Å². The van der Waals surface area contributed by atoms with Gasteiger partial charge in [-0.05, 0) is 40.6 Å². The van der Waals surface area contributed by atoms with E-state index in [0.717, 1.165) is 22.2 Å².